The minimum absolute atomic E-state index is 0.0474. The maximum Gasteiger partial charge on any atom is 0.230 e. The summed E-state index contributed by atoms with van der Waals surface area (Å²) in [6.07, 6.45) is 4.56. The van der Waals surface area contributed by atoms with Gasteiger partial charge in [0.25, 0.3) is 0 Å². The van der Waals surface area contributed by atoms with Gasteiger partial charge in [-0.25, -0.2) is 0 Å². The van der Waals surface area contributed by atoms with Crippen LogP contribution in [0.25, 0.3) is 0 Å². The minimum Gasteiger partial charge on any atom is -0.360 e. The summed E-state index contributed by atoms with van der Waals surface area (Å²) in [6.45, 7) is 4.50. The van der Waals surface area contributed by atoms with Crippen molar-refractivity contribution >= 4 is 11.8 Å². The van der Waals surface area contributed by atoms with E-state index in [1.807, 2.05) is 34.1 Å². The molecule has 4 aliphatic rings. The lowest BCUT2D eigenvalue weighted by Gasteiger charge is -2.27. The zero-order valence-electron chi connectivity index (χ0n) is 17.7. The van der Waals surface area contributed by atoms with Crippen molar-refractivity contribution in [1.29, 1.82) is 0 Å². The van der Waals surface area contributed by atoms with Gasteiger partial charge in [-0.15, -0.1) is 0 Å². The monoisotopic (exact) mass is 414 g/mol. The summed E-state index contributed by atoms with van der Waals surface area (Å²) in [5.74, 6) is -0.715. The smallest absolute Gasteiger partial charge is 0.230 e. The summed E-state index contributed by atoms with van der Waals surface area (Å²) in [6, 6.07) is 16.6. The van der Waals surface area contributed by atoms with Gasteiger partial charge in [0.2, 0.25) is 11.8 Å². The summed E-state index contributed by atoms with van der Waals surface area (Å²) in [5, 5.41) is 0. The maximum atomic E-state index is 13.6. The van der Waals surface area contributed by atoms with E-state index >= 15 is 0 Å². The predicted octanol–water partition coefficient (Wildman–Crippen LogP) is 2.86. The Hall–Kier alpha value is -2.92. The normalized spacial score (nSPS) is 30.2. The number of rotatable bonds is 4. The molecule has 5 heteroatoms. The van der Waals surface area contributed by atoms with Crippen LogP contribution >= 0.6 is 0 Å². The Bertz CT molecular complexity index is 1070. The zero-order valence-corrected chi connectivity index (χ0v) is 17.7. The third-order valence-corrected chi connectivity index (χ3v) is 7.41. The maximum absolute atomic E-state index is 13.6. The van der Waals surface area contributed by atoms with E-state index in [4.69, 9.17) is 4.74 Å². The van der Waals surface area contributed by atoms with Crippen LogP contribution in [-0.4, -0.2) is 46.4 Å². The van der Waals surface area contributed by atoms with Gasteiger partial charge in [-0.1, -0.05) is 66.2 Å². The molecule has 2 aromatic rings. The molecule has 0 aromatic heterocycles. The molecule has 4 heterocycles. The average molecular weight is 415 g/mol. The molecule has 2 aromatic carbocycles. The fourth-order valence-electron chi connectivity index (χ4n) is 5.77. The molecule has 2 amide bonds. The summed E-state index contributed by atoms with van der Waals surface area (Å²) in [5.41, 5.74) is 4.21. The van der Waals surface area contributed by atoms with Crippen LogP contribution < -0.4 is 0 Å². The zero-order chi connectivity index (χ0) is 21.2. The van der Waals surface area contributed by atoms with Crippen molar-refractivity contribution in [2.24, 2.45) is 11.8 Å². The number of hydrogen-bond donors (Lipinski definition) is 0. The van der Waals surface area contributed by atoms with Gasteiger partial charge < -0.3 is 14.5 Å². The molecular weight excluding hydrogens is 388 g/mol. The molecule has 4 atom stereocenters. The summed E-state index contributed by atoms with van der Waals surface area (Å²) in [7, 11) is 0. The Morgan fingerprint density at radius 2 is 1.81 bits per heavy atom. The van der Waals surface area contributed by atoms with Crippen molar-refractivity contribution in [3.8, 4) is 0 Å². The van der Waals surface area contributed by atoms with Crippen LogP contribution in [0.3, 0.4) is 0 Å². The van der Waals surface area contributed by atoms with Gasteiger partial charge in [-0.3, -0.25) is 9.59 Å². The number of nitrogens with zero attached hydrogens (tertiary/aromatic N) is 2. The Kier molecular flexibility index (Phi) is 4.12. The van der Waals surface area contributed by atoms with E-state index in [-0.39, 0.29) is 17.9 Å². The first-order valence-electron chi connectivity index (χ1n) is 11.1. The van der Waals surface area contributed by atoms with Crippen molar-refractivity contribution in [3.05, 3.63) is 82.9 Å². The fraction of sp³-hybridized carbons (Fsp3) is 0.385. The Labute approximate surface area is 182 Å². The third-order valence-electron chi connectivity index (χ3n) is 7.41. The van der Waals surface area contributed by atoms with Gasteiger partial charge in [0.05, 0.1) is 24.5 Å². The van der Waals surface area contributed by atoms with Crippen LogP contribution in [0.4, 0.5) is 0 Å². The molecule has 31 heavy (non-hydrogen) atoms. The number of fused-ring (bicyclic) bond motifs is 2. The molecule has 0 aliphatic carbocycles. The van der Waals surface area contributed by atoms with Crippen molar-refractivity contribution in [2.75, 3.05) is 13.1 Å². The number of carbonyl (C=O) groups is 2. The van der Waals surface area contributed by atoms with Crippen LogP contribution in [0, 0.1) is 18.8 Å². The van der Waals surface area contributed by atoms with Gasteiger partial charge in [0, 0.05) is 19.6 Å². The number of likely N-dealkylation sites (tertiary alicyclic amines) is 1. The number of ether oxygens (including phenoxy) is 1. The number of carbonyl (C=O) groups excluding carboxylic acids is 2. The third kappa shape index (κ3) is 2.87. The van der Waals surface area contributed by atoms with Gasteiger partial charge in [-0.2, -0.15) is 0 Å². The second-order valence-electron chi connectivity index (χ2n) is 9.36. The van der Waals surface area contributed by atoms with E-state index in [9.17, 15) is 9.59 Å². The Balaban J connectivity index is 1.20. The van der Waals surface area contributed by atoms with Gasteiger partial charge in [0.15, 0.2) is 0 Å². The van der Waals surface area contributed by atoms with Crippen LogP contribution in [-0.2, 0) is 33.8 Å². The first kappa shape index (κ1) is 18.8. The quantitative estimate of drug-likeness (QED) is 0.723. The minimum atomic E-state index is -0.637. The molecule has 0 radical (unpaired) electrons. The van der Waals surface area contributed by atoms with Gasteiger partial charge in [-0.05, 0) is 30.0 Å². The lowest BCUT2D eigenvalue weighted by Crippen LogP contribution is -2.44. The van der Waals surface area contributed by atoms with Crippen molar-refractivity contribution < 1.29 is 14.3 Å². The van der Waals surface area contributed by atoms with E-state index in [0.717, 1.165) is 6.42 Å². The highest BCUT2D eigenvalue weighted by atomic mass is 16.5. The molecule has 2 bridgehead atoms. The second-order valence-corrected chi connectivity index (χ2v) is 9.36. The lowest BCUT2D eigenvalue weighted by atomic mass is 9.76. The lowest BCUT2D eigenvalue weighted by molar-refractivity contribution is -0.143. The number of hydrogen-bond acceptors (Lipinski definition) is 3. The SMILES string of the molecule is Cc1ccc(CCN2C[C@]34C=C[C@H](O3)[C@H](C(=O)N3Cc5ccccc5C3)[C@@H]4C2=O)cc1. The van der Waals surface area contributed by atoms with Crippen LogP contribution in [0.5, 0.6) is 0 Å². The van der Waals surface area contributed by atoms with Crippen molar-refractivity contribution in [2.45, 2.75) is 38.1 Å². The molecule has 158 valence electrons. The first-order chi connectivity index (χ1) is 15.0. The van der Waals surface area contributed by atoms with E-state index in [1.54, 1.807) is 0 Å². The number of aryl methyl sites for hydroxylation is 1. The number of amides is 2. The molecule has 2 saturated heterocycles. The molecule has 2 fully saturated rings. The van der Waals surface area contributed by atoms with E-state index in [2.05, 4.69) is 43.3 Å². The largest absolute Gasteiger partial charge is 0.360 e. The van der Waals surface area contributed by atoms with Gasteiger partial charge in [0.1, 0.15) is 5.60 Å². The highest BCUT2D eigenvalue weighted by molar-refractivity contribution is 5.93. The molecule has 0 saturated carbocycles. The Morgan fingerprint density at radius 3 is 2.52 bits per heavy atom. The highest BCUT2D eigenvalue weighted by Gasteiger charge is 2.67. The summed E-state index contributed by atoms with van der Waals surface area (Å²) in [4.78, 5) is 30.8. The molecular formula is C26H26N2O3. The van der Waals surface area contributed by atoms with Crippen LogP contribution in [0.1, 0.15) is 22.3 Å². The van der Waals surface area contributed by atoms with Crippen LogP contribution in [0.2, 0.25) is 0 Å². The van der Waals surface area contributed by atoms with E-state index < -0.39 is 17.4 Å². The standard InChI is InChI=1S/C26H26N2O3/c1-17-6-8-18(9-7-17)11-13-27-16-26-12-10-21(31-26)22(23(26)25(27)30)24(29)28-14-19-4-2-3-5-20(19)15-28/h2-10,12,21-23H,11,13-16H2,1H3/t21-,22-,23+,26-/m0/s1. The second kappa shape index (κ2) is 6.79. The van der Waals surface area contributed by atoms with Gasteiger partial charge >= 0.3 is 0 Å². The van der Waals surface area contributed by atoms with E-state index in [1.165, 1.54) is 22.3 Å². The molecule has 0 unspecified atom stereocenters. The fourth-order valence-corrected chi connectivity index (χ4v) is 5.77. The average Bonchev–Trinajstić information content (AvgIpc) is 3.52. The molecule has 5 nitrogen and oxygen atoms in total. The van der Waals surface area contributed by atoms with Crippen molar-refractivity contribution in [1.82, 2.24) is 9.80 Å². The van der Waals surface area contributed by atoms with Crippen molar-refractivity contribution in [3.63, 3.8) is 0 Å². The molecule has 6 rings (SSSR count). The molecule has 1 spiro atoms. The van der Waals surface area contributed by atoms with E-state index in [0.29, 0.717) is 26.2 Å². The molecule has 4 aliphatic heterocycles. The highest BCUT2D eigenvalue weighted by Crippen LogP contribution is 2.52. The summed E-state index contributed by atoms with van der Waals surface area (Å²) < 4.78 is 6.30. The first-order valence-corrected chi connectivity index (χ1v) is 11.1. The number of benzene rings is 2. The summed E-state index contributed by atoms with van der Waals surface area (Å²) >= 11 is 0. The predicted molar refractivity (Wildman–Crippen MR) is 116 cm³/mol. The topological polar surface area (TPSA) is 49.9 Å². The molecule has 0 N–H and O–H groups in total. The Morgan fingerprint density at radius 1 is 1.10 bits per heavy atom. The van der Waals surface area contributed by atoms with Crippen LogP contribution in [0.15, 0.2) is 60.7 Å².